The quantitative estimate of drug-likeness (QED) is 0.477. The zero-order valence-corrected chi connectivity index (χ0v) is 16.9. The summed E-state index contributed by atoms with van der Waals surface area (Å²) in [5, 5.41) is 12.6. The van der Waals surface area contributed by atoms with E-state index in [1.54, 1.807) is 20.3 Å². The van der Waals surface area contributed by atoms with E-state index in [1.807, 2.05) is 42.5 Å². The van der Waals surface area contributed by atoms with Crippen LogP contribution in [-0.4, -0.2) is 35.2 Å². The van der Waals surface area contributed by atoms with Gasteiger partial charge in [-0.3, -0.25) is 0 Å². The maximum absolute atomic E-state index is 6.29. The number of benzene rings is 2. The largest absolute Gasteiger partial charge is 0.493 e. The predicted molar refractivity (Wildman–Crippen MR) is 113 cm³/mol. The van der Waals surface area contributed by atoms with Crippen LogP contribution >= 0.6 is 11.8 Å². The molecule has 1 aromatic heterocycles. The van der Waals surface area contributed by atoms with Crippen LogP contribution in [0.5, 0.6) is 17.4 Å². The van der Waals surface area contributed by atoms with Crippen LogP contribution in [0.25, 0.3) is 11.3 Å². The molecule has 0 saturated carbocycles. The van der Waals surface area contributed by atoms with Crippen molar-refractivity contribution in [1.29, 1.82) is 0 Å². The summed E-state index contributed by atoms with van der Waals surface area (Å²) in [4.78, 5) is 4.59. The third-order valence-electron chi connectivity index (χ3n) is 4.38. The molecular weight excluding hydrogens is 388 g/mol. The van der Waals surface area contributed by atoms with Crippen LogP contribution in [0.3, 0.4) is 0 Å². The first-order valence-electron chi connectivity index (χ1n) is 8.97. The van der Waals surface area contributed by atoms with Gasteiger partial charge in [0.05, 0.1) is 19.8 Å². The first kappa shape index (κ1) is 19.1. The van der Waals surface area contributed by atoms with Crippen LogP contribution in [0.15, 0.2) is 60.3 Å². The number of hydrogen-bond donors (Lipinski definition) is 1. The fraction of sp³-hybridized carbons (Fsp3) is 0.190. The van der Waals surface area contributed by atoms with Gasteiger partial charge in [-0.25, -0.2) is 0 Å². The highest BCUT2D eigenvalue weighted by Crippen LogP contribution is 2.42. The molecule has 0 spiro atoms. The van der Waals surface area contributed by atoms with Crippen molar-refractivity contribution in [3.63, 3.8) is 0 Å². The minimum atomic E-state index is -0.559. The van der Waals surface area contributed by atoms with Crippen molar-refractivity contribution < 1.29 is 14.2 Å². The lowest BCUT2D eigenvalue weighted by Crippen LogP contribution is -2.18. The third kappa shape index (κ3) is 3.71. The van der Waals surface area contributed by atoms with Crippen LogP contribution < -0.4 is 19.5 Å². The van der Waals surface area contributed by atoms with E-state index in [0.29, 0.717) is 34.0 Å². The molecule has 148 valence electrons. The lowest BCUT2D eigenvalue weighted by molar-refractivity contribution is 0.218. The SMILES string of the molecule is C=CCSc1nnc2c(n1)OC(c1cccc(OC)c1OC)Nc1ccccc1-2. The van der Waals surface area contributed by atoms with Crippen LogP contribution in [-0.2, 0) is 0 Å². The molecule has 1 aliphatic rings. The Labute approximate surface area is 173 Å². The normalized spacial score (nSPS) is 14.5. The number of ether oxygens (including phenoxy) is 3. The van der Waals surface area contributed by atoms with E-state index in [1.165, 1.54) is 11.8 Å². The number of aromatic nitrogens is 3. The van der Waals surface area contributed by atoms with Gasteiger partial charge >= 0.3 is 0 Å². The molecule has 1 N–H and O–H groups in total. The molecule has 0 aliphatic carbocycles. The topological polar surface area (TPSA) is 78.4 Å². The number of fused-ring (bicyclic) bond motifs is 3. The molecule has 2 aromatic carbocycles. The van der Waals surface area contributed by atoms with Gasteiger partial charge in [-0.05, 0) is 18.2 Å². The van der Waals surface area contributed by atoms with E-state index in [-0.39, 0.29) is 0 Å². The summed E-state index contributed by atoms with van der Waals surface area (Å²) in [6.07, 6.45) is 1.23. The van der Waals surface area contributed by atoms with E-state index in [2.05, 4.69) is 27.1 Å². The molecule has 2 heterocycles. The number of rotatable bonds is 6. The molecule has 8 heteroatoms. The van der Waals surface area contributed by atoms with Gasteiger partial charge in [0, 0.05) is 17.0 Å². The number of hydrogen-bond acceptors (Lipinski definition) is 8. The monoisotopic (exact) mass is 408 g/mol. The molecular formula is C21H20N4O3S. The van der Waals surface area contributed by atoms with E-state index in [4.69, 9.17) is 14.2 Å². The van der Waals surface area contributed by atoms with Crippen molar-refractivity contribution in [1.82, 2.24) is 15.2 Å². The van der Waals surface area contributed by atoms with E-state index in [9.17, 15) is 0 Å². The smallest absolute Gasteiger partial charge is 0.247 e. The second-order valence-electron chi connectivity index (χ2n) is 6.12. The lowest BCUT2D eigenvalue weighted by Gasteiger charge is -2.22. The van der Waals surface area contributed by atoms with Gasteiger partial charge in [0.25, 0.3) is 0 Å². The summed E-state index contributed by atoms with van der Waals surface area (Å²) in [6.45, 7) is 3.73. The predicted octanol–water partition coefficient (Wildman–Crippen LogP) is 4.34. The number of nitrogens with one attached hydrogen (secondary N) is 1. The van der Waals surface area contributed by atoms with Gasteiger partial charge in [-0.15, -0.1) is 16.8 Å². The Morgan fingerprint density at radius 3 is 2.79 bits per heavy atom. The Morgan fingerprint density at radius 2 is 2.00 bits per heavy atom. The maximum Gasteiger partial charge on any atom is 0.247 e. The second kappa shape index (κ2) is 8.40. The highest BCUT2D eigenvalue weighted by atomic mass is 32.2. The molecule has 1 unspecified atom stereocenters. The van der Waals surface area contributed by atoms with Crippen LogP contribution in [0, 0.1) is 0 Å². The molecule has 1 atom stereocenters. The summed E-state index contributed by atoms with van der Waals surface area (Å²) in [5.41, 5.74) is 3.10. The van der Waals surface area contributed by atoms with Crippen molar-refractivity contribution in [3.8, 4) is 28.6 Å². The number of para-hydroxylation sites is 2. The molecule has 3 aromatic rings. The Balaban J connectivity index is 1.83. The summed E-state index contributed by atoms with van der Waals surface area (Å²) in [5.74, 6) is 2.30. The molecule has 7 nitrogen and oxygen atoms in total. The van der Waals surface area contributed by atoms with Crippen molar-refractivity contribution in [3.05, 3.63) is 60.7 Å². The number of thioether (sulfide) groups is 1. The van der Waals surface area contributed by atoms with Crippen LogP contribution in [0.2, 0.25) is 0 Å². The van der Waals surface area contributed by atoms with Gasteiger partial charge < -0.3 is 19.5 Å². The van der Waals surface area contributed by atoms with Gasteiger partial charge in [0.2, 0.25) is 17.3 Å². The average Bonchev–Trinajstić information content (AvgIpc) is 2.93. The minimum Gasteiger partial charge on any atom is -0.493 e. The standard InChI is InChI=1S/C21H20N4O3S/c1-4-12-29-21-23-20-17(24-25-21)13-8-5-6-10-15(13)22-19(28-20)14-9-7-11-16(26-2)18(14)27-3/h4-11,19,22H,1,12H2,2-3H3. The molecule has 0 amide bonds. The minimum absolute atomic E-state index is 0.402. The van der Waals surface area contributed by atoms with Gasteiger partial charge in [0.15, 0.2) is 17.2 Å². The third-order valence-corrected chi connectivity index (χ3v) is 5.21. The highest BCUT2D eigenvalue weighted by molar-refractivity contribution is 7.99. The number of methoxy groups -OCH3 is 2. The molecule has 1 aliphatic heterocycles. The molecule has 29 heavy (non-hydrogen) atoms. The van der Waals surface area contributed by atoms with Gasteiger partial charge in [-0.1, -0.05) is 42.1 Å². The first-order valence-corrected chi connectivity index (χ1v) is 9.95. The summed E-state index contributed by atoms with van der Waals surface area (Å²) < 4.78 is 17.3. The Morgan fingerprint density at radius 1 is 1.14 bits per heavy atom. The zero-order valence-electron chi connectivity index (χ0n) is 16.1. The summed E-state index contributed by atoms with van der Waals surface area (Å²) in [7, 11) is 3.21. The zero-order chi connectivity index (χ0) is 20.2. The van der Waals surface area contributed by atoms with Crippen LogP contribution in [0.4, 0.5) is 5.69 Å². The lowest BCUT2D eigenvalue weighted by atomic mass is 10.1. The second-order valence-corrected chi connectivity index (χ2v) is 7.11. The van der Waals surface area contributed by atoms with E-state index >= 15 is 0 Å². The first-order chi connectivity index (χ1) is 14.2. The Kier molecular flexibility index (Phi) is 5.53. The Hall–Kier alpha value is -3.26. The summed E-state index contributed by atoms with van der Waals surface area (Å²) >= 11 is 1.44. The highest BCUT2D eigenvalue weighted by Gasteiger charge is 2.28. The van der Waals surface area contributed by atoms with Crippen molar-refractivity contribution in [2.75, 3.05) is 25.3 Å². The fourth-order valence-electron chi connectivity index (χ4n) is 3.10. The average molecular weight is 408 g/mol. The van der Waals surface area contributed by atoms with Gasteiger partial charge in [-0.2, -0.15) is 4.98 Å². The molecule has 0 saturated heterocycles. The molecule has 4 rings (SSSR count). The van der Waals surface area contributed by atoms with Gasteiger partial charge in [0.1, 0.15) is 0 Å². The van der Waals surface area contributed by atoms with Crippen molar-refractivity contribution >= 4 is 17.4 Å². The summed E-state index contributed by atoms with van der Waals surface area (Å²) in [6, 6.07) is 13.5. The molecule has 0 radical (unpaired) electrons. The number of anilines is 1. The fourth-order valence-corrected chi connectivity index (χ4v) is 3.61. The van der Waals surface area contributed by atoms with Crippen LogP contribution in [0.1, 0.15) is 11.8 Å². The Bertz CT molecular complexity index is 1040. The molecule has 0 fully saturated rings. The number of nitrogens with zero attached hydrogens (tertiary/aromatic N) is 3. The van der Waals surface area contributed by atoms with E-state index in [0.717, 1.165) is 16.8 Å². The van der Waals surface area contributed by atoms with Crippen molar-refractivity contribution in [2.24, 2.45) is 0 Å². The van der Waals surface area contributed by atoms with E-state index < -0.39 is 6.23 Å². The van der Waals surface area contributed by atoms with Crippen molar-refractivity contribution in [2.45, 2.75) is 11.4 Å². The maximum atomic E-state index is 6.29. The molecule has 0 bridgehead atoms.